The first-order valence-electron chi connectivity index (χ1n) is 15.1. The monoisotopic (exact) mass is 610 g/mol. The highest BCUT2D eigenvalue weighted by atomic mass is 19.4. The first kappa shape index (κ1) is 35.1. The molecule has 0 amide bonds. The Bertz CT molecular complexity index is 997. The van der Waals surface area contributed by atoms with E-state index >= 15 is 0 Å². The van der Waals surface area contributed by atoms with Gasteiger partial charge in [0.2, 0.25) is 0 Å². The molecule has 6 atom stereocenters. The van der Waals surface area contributed by atoms with Gasteiger partial charge in [-0.15, -0.1) is 0 Å². The third-order valence-electron chi connectivity index (χ3n) is 10.2. The van der Waals surface area contributed by atoms with Gasteiger partial charge in [0.25, 0.3) is 5.60 Å². The second-order valence-corrected chi connectivity index (χ2v) is 14.2. The number of fused-ring (bicyclic) bond motifs is 1. The van der Waals surface area contributed by atoms with E-state index in [1.165, 1.54) is 5.57 Å². The van der Waals surface area contributed by atoms with Crippen LogP contribution in [-0.4, -0.2) is 56.2 Å². The fraction of sp³-hybridized carbons (Fsp3) is 0.812. The summed E-state index contributed by atoms with van der Waals surface area (Å²) >= 11 is 0. The van der Waals surface area contributed by atoms with E-state index < -0.39 is 41.2 Å². The molecule has 0 aliphatic heterocycles. The molecule has 0 radical (unpaired) electrons. The van der Waals surface area contributed by atoms with Crippen molar-refractivity contribution in [1.29, 1.82) is 0 Å². The van der Waals surface area contributed by atoms with Gasteiger partial charge in [-0.05, 0) is 113 Å². The number of hydrogen-bond acceptors (Lipinski definition) is 4. The van der Waals surface area contributed by atoms with Gasteiger partial charge in [0.15, 0.2) is 0 Å². The van der Waals surface area contributed by atoms with Crippen molar-refractivity contribution < 1.29 is 46.8 Å². The minimum atomic E-state index is -5.91. The Labute approximate surface area is 245 Å². The van der Waals surface area contributed by atoms with Crippen molar-refractivity contribution in [3.63, 3.8) is 0 Å². The molecule has 242 valence electrons. The van der Waals surface area contributed by atoms with E-state index in [0.717, 1.165) is 43.8 Å². The summed E-state index contributed by atoms with van der Waals surface area (Å²) in [6.07, 6.45) is -1.06. The molecule has 0 bridgehead atoms. The molecule has 0 aromatic carbocycles. The molecule has 4 nitrogen and oxygen atoms in total. The van der Waals surface area contributed by atoms with Crippen LogP contribution in [0, 0.1) is 22.7 Å². The Hall–Kier alpha value is -1.36. The Morgan fingerprint density at radius 2 is 1.48 bits per heavy atom. The predicted octanol–water partition coefficient (Wildman–Crippen LogP) is 7.71. The Balaban J connectivity index is 1.91. The maximum Gasteiger partial charge on any atom is 0.429 e. The third-order valence-corrected chi connectivity index (χ3v) is 10.2. The highest BCUT2D eigenvalue weighted by Crippen LogP contribution is 2.64. The lowest BCUT2D eigenvalue weighted by atomic mass is 9.55. The summed E-state index contributed by atoms with van der Waals surface area (Å²) < 4.78 is 80.1. The zero-order chi connectivity index (χ0) is 31.8. The number of allylic oxidation sites excluding steroid dienone is 4. The van der Waals surface area contributed by atoms with Crippen molar-refractivity contribution in [3.05, 3.63) is 35.5 Å². The van der Waals surface area contributed by atoms with E-state index in [0.29, 0.717) is 38.5 Å². The molecule has 3 aliphatic carbocycles. The van der Waals surface area contributed by atoms with E-state index in [4.69, 9.17) is 0 Å². The Morgan fingerprint density at radius 1 is 0.881 bits per heavy atom. The molecule has 10 heteroatoms. The highest BCUT2D eigenvalue weighted by Gasteiger charge is 2.69. The molecule has 0 saturated heterocycles. The maximum absolute atomic E-state index is 13.3. The minimum Gasteiger partial charge on any atom is -0.393 e. The normalized spacial score (nSPS) is 33.4. The molecule has 0 aromatic rings. The zero-order valence-corrected chi connectivity index (χ0v) is 25.2. The lowest BCUT2D eigenvalue weighted by Crippen LogP contribution is -2.55. The number of alkyl halides is 6. The number of hydrogen-bond donors (Lipinski definition) is 4. The summed E-state index contributed by atoms with van der Waals surface area (Å²) in [6.45, 7) is 7.44. The number of aliphatic hydroxyl groups is 4. The van der Waals surface area contributed by atoms with Crippen LogP contribution < -0.4 is 0 Å². The van der Waals surface area contributed by atoms with Crippen LogP contribution in [-0.2, 0) is 0 Å². The van der Waals surface area contributed by atoms with Crippen molar-refractivity contribution in [2.24, 2.45) is 22.7 Å². The van der Waals surface area contributed by atoms with E-state index in [1.54, 1.807) is 13.8 Å². The molecule has 3 aliphatic rings. The summed E-state index contributed by atoms with van der Waals surface area (Å²) in [6, 6.07) is 0. The average Bonchev–Trinajstić information content (AvgIpc) is 3.18. The first-order chi connectivity index (χ1) is 19.1. The summed E-state index contributed by atoms with van der Waals surface area (Å²) in [4.78, 5) is 0. The van der Waals surface area contributed by atoms with Crippen molar-refractivity contribution >= 4 is 0 Å². The molecule has 3 saturated carbocycles. The number of halogens is 6. The van der Waals surface area contributed by atoms with Crippen molar-refractivity contribution in [1.82, 2.24) is 0 Å². The summed E-state index contributed by atoms with van der Waals surface area (Å²) in [5.41, 5.74) is -4.53. The Morgan fingerprint density at radius 3 is 2.02 bits per heavy atom. The fourth-order valence-electron chi connectivity index (χ4n) is 8.11. The largest absolute Gasteiger partial charge is 0.429 e. The van der Waals surface area contributed by atoms with Crippen LogP contribution in [0.4, 0.5) is 26.3 Å². The topological polar surface area (TPSA) is 80.9 Å². The Kier molecular flexibility index (Phi) is 10.5. The van der Waals surface area contributed by atoms with Crippen LogP contribution in [0.25, 0.3) is 0 Å². The number of rotatable bonds is 9. The lowest BCUT2D eigenvalue weighted by Gasteiger charge is -2.49. The second-order valence-electron chi connectivity index (χ2n) is 14.2. The summed E-state index contributed by atoms with van der Waals surface area (Å²) in [5, 5.41) is 40.1. The molecule has 42 heavy (non-hydrogen) atoms. The SMILES string of the molecule is CC(C)(O)CCC[C@](C)(C/C=C/C(O)(C(F)(F)F)C(F)(F)F)[C@H]1CC[C@H]2/C(=C/C=C3CC(O)C[C@H](O)C3)CCC[C@]12C. The van der Waals surface area contributed by atoms with E-state index in [-0.39, 0.29) is 29.7 Å². The van der Waals surface area contributed by atoms with Gasteiger partial charge in [0.1, 0.15) is 0 Å². The molecule has 3 fully saturated rings. The van der Waals surface area contributed by atoms with Crippen molar-refractivity contribution in [2.45, 2.75) is 141 Å². The van der Waals surface area contributed by atoms with E-state index in [9.17, 15) is 46.8 Å². The van der Waals surface area contributed by atoms with Gasteiger partial charge >= 0.3 is 12.4 Å². The minimum absolute atomic E-state index is 0.000925. The van der Waals surface area contributed by atoms with Gasteiger partial charge in [0, 0.05) is 0 Å². The van der Waals surface area contributed by atoms with Crippen LogP contribution in [0.1, 0.15) is 105 Å². The molecule has 1 unspecified atom stereocenters. The third kappa shape index (κ3) is 7.83. The molecule has 4 N–H and O–H groups in total. The molecule has 0 aromatic heterocycles. The fourth-order valence-corrected chi connectivity index (χ4v) is 8.11. The maximum atomic E-state index is 13.3. The molecular formula is C32H48F6O4. The van der Waals surface area contributed by atoms with Crippen LogP contribution in [0.15, 0.2) is 35.5 Å². The van der Waals surface area contributed by atoms with Crippen LogP contribution in [0.5, 0.6) is 0 Å². The van der Waals surface area contributed by atoms with Gasteiger partial charge < -0.3 is 20.4 Å². The van der Waals surface area contributed by atoms with Gasteiger partial charge in [-0.2, -0.15) is 26.3 Å². The van der Waals surface area contributed by atoms with Crippen LogP contribution >= 0.6 is 0 Å². The average molecular weight is 611 g/mol. The molecule has 0 heterocycles. The molecule has 3 rings (SSSR count). The van der Waals surface area contributed by atoms with Gasteiger partial charge in [-0.3, -0.25) is 0 Å². The molecular weight excluding hydrogens is 562 g/mol. The van der Waals surface area contributed by atoms with Gasteiger partial charge in [-0.1, -0.05) is 49.6 Å². The number of aliphatic hydroxyl groups excluding tert-OH is 2. The summed E-state index contributed by atoms with van der Waals surface area (Å²) in [5.74, 6) is 0.201. The van der Waals surface area contributed by atoms with E-state index in [2.05, 4.69) is 13.0 Å². The van der Waals surface area contributed by atoms with E-state index in [1.807, 2.05) is 13.0 Å². The van der Waals surface area contributed by atoms with Crippen LogP contribution in [0.3, 0.4) is 0 Å². The standard InChI is InChI=1S/C32H48F6O4/c1-27(2,41)13-6-14-28(3,15-7-17-30(42,31(33,34)35)32(36,37)38)26-12-11-25-22(8-5-16-29(25,26)4)10-9-21-18-23(39)20-24(40)19-21/h7,9-10,17,23-26,39-42H,5-6,8,11-16,18-20H2,1-4H3/b17-7+,21-9?,22-10+/t23-,24?,25+,26-,28-,29+/m1/s1. The first-order valence-corrected chi connectivity index (χ1v) is 15.1. The highest BCUT2D eigenvalue weighted by molar-refractivity contribution is 5.27. The second kappa shape index (κ2) is 12.6. The van der Waals surface area contributed by atoms with Gasteiger partial charge in [0.05, 0.1) is 17.8 Å². The van der Waals surface area contributed by atoms with Crippen molar-refractivity contribution in [3.8, 4) is 0 Å². The smallest absolute Gasteiger partial charge is 0.393 e. The van der Waals surface area contributed by atoms with Crippen LogP contribution in [0.2, 0.25) is 0 Å². The molecule has 0 spiro atoms. The quantitative estimate of drug-likeness (QED) is 0.159. The predicted molar refractivity (Wildman–Crippen MR) is 149 cm³/mol. The van der Waals surface area contributed by atoms with Crippen molar-refractivity contribution in [2.75, 3.05) is 0 Å². The summed E-state index contributed by atoms with van der Waals surface area (Å²) in [7, 11) is 0. The zero-order valence-electron chi connectivity index (χ0n) is 25.2. The lowest BCUT2D eigenvalue weighted by molar-refractivity contribution is -0.347. The van der Waals surface area contributed by atoms with Gasteiger partial charge in [-0.25, -0.2) is 0 Å².